The number of para-hydroxylation sites is 6. The summed E-state index contributed by atoms with van der Waals surface area (Å²) in [6, 6.07) is 49.3. The SMILES string of the molecule is [2H]c1c(-c2ccncc2)c([2H])c2c3c1-n1c4c(-c5ccccc5)cccc4c4ccccc4c4ccccc4c4c(-n5c6c([2H])c([2H])c([2H])c([2H])c6c6c([2H])c([2H])c([2H])c([2H])c65)c([2H])c([2H])c(c41)B3c1c([2H])c([2H])c(-n3c4c([2H])c([2H])c([2H])c([2H])c4c4c([2H])c([2H])c([2H])c([2H])c43)c3c4ccccc4c4ccccc4c4cccc(-c5ccccc5)c4n-2c13. The molecule has 0 spiro atoms. The lowest BCUT2D eigenvalue weighted by Crippen LogP contribution is -2.60. The third-order valence-electron chi connectivity index (χ3n) is 20.4. The fourth-order valence-electron chi connectivity index (χ4n) is 16.4. The van der Waals surface area contributed by atoms with Gasteiger partial charge in [0.1, 0.15) is 0 Å². The van der Waals surface area contributed by atoms with Gasteiger partial charge in [0.25, 0.3) is 6.71 Å². The highest BCUT2D eigenvalue weighted by Gasteiger charge is 2.42. The molecule has 0 radical (unpaired) electrons. The van der Waals surface area contributed by atoms with E-state index in [0.717, 1.165) is 0 Å². The number of nitrogens with zero attached hydrogens (tertiary/aromatic N) is 5. The standard InChI is InChI=1S/C95H58BN5/c1-3-25-60(26-4-1)63-41-23-43-77-69-33-9-7-29-65(69)67-31-11-13-39-75(67)89-85(98-81-45-19-15-35-71(81)72-36-16-20-46-82(72)98)51-49-79-94(89)100(92(63)77)87-57-62(59-53-55-97-56-54-59)58-88-91(87)96(79)80-50-52-86(99-83-47-21-17-37-73(83)74-38-18-22-48-84(74)99)90-76-40-14-12-32-68(76)66-30-8-10-34-70(66)78-44-24-42-64(61-27-5-2-6-28-61)93(78)101(88)95(80)90/h1-58H/i15D,16D,17D,18D,19D,20D,21D,22D,35D,36D,37D,38D,45D,46D,47D,48D,49D,50D,51D,52D,57D,58D. The topological polar surface area (TPSA) is 32.6 Å². The van der Waals surface area contributed by atoms with Crippen molar-refractivity contribution in [3.05, 3.63) is 352 Å². The van der Waals surface area contributed by atoms with E-state index in [1.165, 1.54) is 9.13 Å². The Bertz CT molecular complexity index is 7920. The average molecular weight is 1300 g/mol. The van der Waals surface area contributed by atoms with Crippen molar-refractivity contribution in [2.45, 2.75) is 0 Å². The monoisotopic (exact) mass is 1300 g/mol. The van der Waals surface area contributed by atoms with Crippen LogP contribution in [0.5, 0.6) is 0 Å². The van der Waals surface area contributed by atoms with Crippen LogP contribution in [0.2, 0.25) is 0 Å². The summed E-state index contributed by atoms with van der Waals surface area (Å²) in [4.78, 5) is 4.51. The second-order valence-corrected chi connectivity index (χ2v) is 25.4. The molecule has 5 nitrogen and oxygen atoms in total. The van der Waals surface area contributed by atoms with Crippen molar-refractivity contribution in [1.82, 2.24) is 23.3 Å². The molecule has 0 atom stereocenters. The lowest BCUT2D eigenvalue weighted by Gasteiger charge is -2.37. The summed E-state index contributed by atoms with van der Waals surface area (Å²) >= 11 is 0. The van der Waals surface area contributed by atoms with Crippen LogP contribution in [0.25, 0.3) is 186 Å². The Labute approximate surface area is 612 Å². The predicted octanol–water partition coefficient (Wildman–Crippen LogP) is 22.5. The van der Waals surface area contributed by atoms with Gasteiger partial charge in [-0.05, 0) is 142 Å². The second-order valence-electron chi connectivity index (χ2n) is 25.4. The second kappa shape index (κ2) is 21.6. The van der Waals surface area contributed by atoms with Crippen molar-refractivity contribution in [3.8, 4) is 56.1 Å². The van der Waals surface area contributed by atoms with E-state index in [9.17, 15) is 30.2 Å². The Morgan fingerprint density at radius 1 is 0.248 bits per heavy atom. The van der Waals surface area contributed by atoms with Crippen LogP contribution in [0.3, 0.4) is 0 Å². The molecule has 101 heavy (non-hydrogen) atoms. The van der Waals surface area contributed by atoms with E-state index in [2.05, 4.69) is 4.98 Å². The molecule has 2 aliphatic rings. The largest absolute Gasteiger partial charge is 0.309 e. The molecule has 5 aromatic heterocycles. The maximum Gasteiger partial charge on any atom is 0.252 e. The zero-order valence-corrected chi connectivity index (χ0v) is 53.1. The molecule has 2 aliphatic heterocycles. The Morgan fingerprint density at radius 3 is 0.980 bits per heavy atom. The van der Waals surface area contributed by atoms with Gasteiger partial charge < -0.3 is 18.3 Å². The fraction of sp³-hybridized carbons (Fsp3) is 0. The highest BCUT2D eigenvalue weighted by atomic mass is 15.1. The first-order chi connectivity index (χ1) is 59.4. The highest BCUT2D eigenvalue weighted by Crippen LogP contribution is 2.48. The van der Waals surface area contributed by atoms with Gasteiger partial charge in [0.05, 0.1) is 85.7 Å². The molecule has 0 bridgehead atoms. The number of hydrogen-bond donors (Lipinski definition) is 0. The van der Waals surface area contributed by atoms with Gasteiger partial charge in [-0.1, -0.05) is 279 Å². The van der Waals surface area contributed by atoms with Gasteiger partial charge in [-0.15, -0.1) is 0 Å². The van der Waals surface area contributed by atoms with E-state index in [4.69, 9.17) is 0 Å². The van der Waals surface area contributed by atoms with Crippen LogP contribution in [0.15, 0.2) is 352 Å². The maximum absolute atomic E-state index is 11.9. The molecule has 0 saturated carbocycles. The van der Waals surface area contributed by atoms with Gasteiger partial charge in [0.2, 0.25) is 0 Å². The van der Waals surface area contributed by atoms with Gasteiger partial charge >= 0.3 is 0 Å². The average Bonchev–Trinajstić information content (AvgIpc) is 1.62. The molecule has 466 valence electrons. The first kappa shape index (κ1) is 38.6. The summed E-state index contributed by atoms with van der Waals surface area (Å²) in [5, 5.41) is 3.89. The lowest BCUT2D eigenvalue weighted by molar-refractivity contribution is 1.13. The number of aromatic nitrogens is 5. The quantitative estimate of drug-likeness (QED) is 0.158. The molecule has 0 N–H and O–H groups in total. The summed E-state index contributed by atoms with van der Waals surface area (Å²) in [5.74, 6) is 0. The third-order valence-corrected chi connectivity index (χ3v) is 20.4. The molecule has 7 heterocycles. The van der Waals surface area contributed by atoms with Gasteiger partial charge in [0.15, 0.2) is 0 Å². The minimum atomic E-state index is -1.76. The van der Waals surface area contributed by atoms with Crippen molar-refractivity contribution in [1.29, 1.82) is 0 Å². The Balaban J connectivity index is 1.14. The fourth-order valence-corrected chi connectivity index (χ4v) is 16.4. The zero-order chi connectivity index (χ0) is 85.1. The summed E-state index contributed by atoms with van der Waals surface area (Å²) in [6.45, 7) is -1.76. The Morgan fingerprint density at radius 2 is 0.584 bits per heavy atom. The summed E-state index contributed by atoms with van der Waals surface area (Å²) < 4.78 is 232. The molecule has 15 aromatic carbocycles. The van der Waals surface area contributed by atoms with Gasteiger partial charge in [-0.25, -0.2) is 0 Å². The van der Waals surface area contributed by atoms with Gasteiger partial charge in [-0.3, -0.25) is 4.98 Å². The first-order valence-corrected chi connectivity index (χ1v) is 33.2. The number of hydrogen-bond acceptors (Lipinski definition) is 1. The molecule has 0 saturated heterocycles. The van der Waals surface area contributed by atoms with Crippen LogP contribution in [-0.4, -0.2) is 30.0 Å². The van der Waals surface area contributed by atoms with Gasteiger partial charge in [-0.2, -0.15) is 0 Å². The normalized spacial score (nSPS) is 15.4. The van der Waals surface area contributed by atoms with E-state index in [-0.39, 0.29) is 122 Å². The van der Waals surface area contributed by atoms with Gasteiger partial charge in [0, 0.05) is 78.0 Å². The predicted molar refractivity (Wildman–Crippen MR) is 428 cm³/mol. The van der Waals surface area contributed by atoms with Crippen molar-refractivity contribution in [2.24, 2.45) is 0 Å². The van der Waals surface area contributed by atoms with Crippen LogP contribution in [0.1, 0.15) is 30.2 Å². The molecule has 0 unspecified atom stereocenters. The molecular weight excluding hydrogens is 1220 g/mol. The van der Waals surface area contributed by atoms with Crippen LogP contribution in [-0.2, 0) is 0 Å². The number of fused-ring (bicyclic) bond motifs is 24. The molecular formula is C95H58BN5. The van der Waals surface area contributed by atoms with E-state index >= 15 is 0 Å². The Hall–Kier alpha value is -13.3. The summed E-state index contributed by atoms with van der Waals surface area (Å²) in [7, 11) is 0. The van der Waals surface area contributed by atoms with Crippen molar-refractivity contribution < 1.29 is 30.2 Å². The van der Waals surface area contributed by atoms with E-state index in [1.54, 1.807) is 48.8 Å². The third kappa shape index (κ3) is 7.90. The zero-order valence-electron chi connectivity index (χ0n) is 75.1. The van der Waals surface area contributed by atoms with E-state index in [1.807, 2.05) is 179 Å². The minimum absolute atomic E-state index is 0.00868. The van der Waals surface area contributed by atoms with Crippen LogP contribution < -0.4 is 16.4 Å². The number of rotatable bonds is 5. The lowest BCUT2D eigenvalue weighted by atomic mass is 9.34. The minimum Gasteiger partial charge on any atom is -0.309 e. The molecule has 22 rings (SSSR count). The first-order valence-electron chi connectivity index (χ1n) is 44.2. The van der Waals surface area contributed by atoms with Crippen LogP contribution >= 0.6 is 0 Å². The van der Waals surface area contributed by atoms with Crippen molar-refractivity contribution in [2.75, 3.05) is 0 Å². The summed E-state index contributed by atoms with van der Waals surface area (Å²) in [6.07, 6.45) is 3.09. The van der Waals surface area contributed by atoms with E-state index < -0.39 is 128 Å². The van der Waals surface area contributed by atoms with E-state index in [0.29, 0.717) is 92.7 Å². The van der Waals surface area contributed by atoms with Crippen molar-refractivity contribution in [3.63, 3.8) is 0 Å². The molecule has 0 fully saturated rings. The molecule has 0 amide bonds. The molecule has 20 aromatic rings. The van der Waals surface area contributed by atoms with Crippen LogP contribution in [0, 0.1) is 0 Å². The highest BCUT2D eigenvalue weighted by molar-refractivity contribution is 7.00. The summed E-state index contributed by atoms with van der Waals surface area (Å²) in [5.41, 5.74) is 1.29. The molecule has 0 aliphatic carbocycles. The Kier molecular flexibility index (Phi) is 8.26. The number of pyridine rings is 1. The van der Waals surface area contributed by atoms with Crippen molar-refractivity contribution >= 4 is 153 Å². The maximum atomic E-state index is 11.9. The smallest absolute Gasteiger partial charge is 0.252 e. The van der Waals surface area contributed by atoms with Crippen LogP contribution in [0.4, 0.5) is 0 Å². The number of benzene rings is 15. The molecule has 6 heteroatoms.